The van der Waals surface area contributed by atoms with Crippen LogP contribution >= 0.6 is 22.6 Å². The first kappa shape index (κ1) is 18.9. The van der Waals surface area contributed by atoms with E-state index in [2.05, 4.69) is 38.4 Å². The number of hydrogen-bond donors (Lipinski definition) is 2. The molecule has 0 spiro atoms. The average Bonchev–Trinajstić information content (AvgIpc) is 2.62. The molecule has 0 saturated heterocycles. The highest BCUT2D eigenvalue weighted by atomic mass is 127. The molecule has 25 heavy (non-hydrogen) atoms. The molecule has 0 aliphatic rings. The standard InChI is InChI=1S/C18H18IN3O3/c1-2-25-16-10-6-3-7-13(16)11-21-22-17(23)12-20-18(24)14-8-4-5-9-15(14)19/h3-11H,2,12H2,1H3,(H,20,24)(H,22,23)/b21-11+. The van der Waals surface area contributed by atoms with E-state index < -0.39 is 5.91 Å². The summed E-state index contributed by atoms with van der Waals surface area (Å²) < 4.78 is 6.29. The molecule has 2 amide bonds. The summed E-state index contributed by atoms with van der Waals surface area (Å²) >= 11 is 2.07. The van der Waals surface area contributed by atoms with Crippen molar-refractivity contribution in [1.82, 2.24) is 10.7 Å². The summed E-state index contributed by atoms with van der Waals surface area (Å²) in [4.78, 5) is 23.8. The molecule has 0 saturated carbocycles. The third-order valence-corrected chi connectivity index (χ3v) is 4.08. The van der Waals surface area contributed by atoms with Crippen LogP contribution in [-0.2, 0) is 4.79 Å². The van der Waals surface area contributed by atoms with Crippen molar-refractivity contribution >= 4 is 40.6 Å². The molecule has 0 aliphatic heterocycles. The zero-order valence-corrected chi connectivity index (χ0v) is 15.8. The Kier molecular flexibility index (Phi) is 7.39. The van der Waals surface area contributed by atoms with Gasteiger partial charge < -0.3 is 10.1 Å². The minimum Gasteiger partial charge on any atom is -0.493 e. The van der Waals surface area contributed by atoms with Crippen molar-refractivity contribution in [3.8, 4) is 5.75 Å². The highest BCUT2D eigenvalue weighted by Gasteiger charge is 2.10. The average molecular weight is 451 g/mol. The Labute approximate surface area is 159 Å². The van der Waals surface area contributed by atoms with Gasteiger partial charge in [-0.05, 0) is 53.8 Å². The summed E-state index contributed by atoms with van der Waals surface area (Å²) in [5, 5.41) is 6.46. The van der Waals surface area contributed by atoms with Gasteiger partial charge in [0.2, 0.25) is 0 Å². The van der Waals surface area contributed by atoms with Crippen molar-refractivity contribution < 1.29 is 14.3 Å². The van der Waals surface area contributed by atoms with Crippen molar-refractivity contribution in [2.24, 2.45) is 5.10 Å². The number of rotatable bonds is 7. The molecule has 2 aromatic carbocycles. The lowest BCUT2D eigenvalue weighted by atomic mass is 10.2. The molecule has 2 rings (SSSR count). The molecule has 2 aromatic rings. The van der Waals surface area contributed by atoms with E-state index in [1.807, 2.05) is 43.3 Å². The van der Waals surface area contributed by atoms with Gasteiger partial charge in [0, 0.05) is 9.13 Å². The van der Waals surface area contributed by atoms with Gasteiger partial charge in [0.25, 0.3) is 11.8 Å². The molecule has 0 heterocycles. The van der Waals surface area contributed by atoms with E-state index >= 15 is 0 Å². The van der Waals surface area contributed by atoms with Crippen molar-refractivity contribution in [2.45, 2.75) is 6.92 Å². The van der Waals surface area contributed by atoms with Crippen LogP contribution in [0.2, 0.25) is 0 Å². The minimum atomic E-state index is -0.413. The number of nitrogens with zero attached hydrogens (tertiary/aromatic N) is 1. The molecule has 0 aliphatic carbocycles. The highest BCUT2D eigenvalue weighted by molar-refractivity contribution is 14.1. The Morgan fingerprint density at radius 2 is 1.88 bits per heavy atom. The van der Waals surface area contributed by atoms with Crippen LogP contribution in [0.4, 0.5) is 0 Å². The summed E-state index contributed by atoms with van der Waals surface area (Å²) in [6.07, 6.45) is 1.50. The van der Waals surface area contributed by atoms with E-state index in [-0.39, 0.29) is 12.5 Å². The summed E-state index contributed by atoms with van der Waals surface area (Å²) in [5.41, 5.74) is 3.67. The minimum absolute atomic E-state index is 0.158. The number of hydrogen-bond acceptors (Lipinski definition) is 4. The maximum atomic E-state index is 12.0. The van der Waals surface area contributed by atoms with Crippen molar-refractivity contribution in [2.75, 3.05) is 13.2 Å². The van der Waals surface area contributed by atoms with Crippen LogP contribution in [0.15, 0.2) is 53.6 Å². The Bertz CT molecular complexity index is 778. The number of amides is 2. The number of carbonyl (C=O) groups is 2. The van der Waals surface area contributed by atoms with E-state index in [0.717, 1.165) is 9.13 Å². The zero-order valence-electron chi connectivity index (χ0n) is 13.7. The number of nitrogens with one attached hydrogen (secondary N) is 2. The molecule has 0 aromatic heterocycles. The lowest BCUT2D eigenvalue weighted by molar-refractivity contribution is -0.120. The molecule has 130 valence electrons. The van der Waals surface area contributed by atoms with E-state index in [4.69, 9.17) is 4.74 Å². The monoisotopic (exact) mass is 451 g/mol. The molecule has 2 N–H and O–H groups in total. The van der Waals surface area contributed by atoms with Crippen molar-refractivity contribution in [3.63, 3.8) is 0 Å². The zero-order chi connectivity index (χ0) is 18.1. The van der Waals surface area contributed by atoms with Gasteiger partial charge in [-0.1, -0.05) is 24.3 Å². The molecule has 7 heteroatoms. The SMILES string of the molecule is CCOc1ccccc1/C=N/NC(=O)CNC(=O)c1ccccc1I. The summed E-state index contributed by atoms with van der Waals surface area (Å²) in [6, 6.07) is 14.5. The maximum absolute atomic E-state index is 12.0. The molecule has 6 nitrogen and oxygen atoms in total. The predicted octanol–water partition coefficient (Wildman–Crippen LogP) is 2.57. The Morgan fingerprint density at radius 3 is 2.64 bits per heavy atom. The first-order valence-electron chi connectivity index (χ1n) is 7.68. The lowest BCUT2D eigenvalue weighted by Gasteiger charge is -2.07. The maximum Gasteiger partial charge on any atom is 0.259 e. The van der Waals surface area contributed by atoms with Gasteiger partial charge in [-0.15, -0.1) is 0 Å². The fourth-order valence-electron chi connectivity index (χ4n) is 1.99. The van der Waals surface area contributed by atoms with Crippen LogP contribution in [0.5, 0.6) is 5.75 Å². The highest BCUT2D eigenvalue weighted by Crippen LogP contribution is 2.15. The molecule has 0 atom stereocenters. The normalized spacial score (nSPS) is 10.5. The third-order valence-electron chi connectivity index (χ3n) is 3.14. The first-order chi connectivity index (χ1) is 12.1. The number of hydrazone groups is 1. The molecular formula is C18H18IN3O3. The molecule has 0 bridgehead atoms. The molecule has 0 fully saturated rings. The third kappa shape index (κ3) is 5.86. The molecule has 0 radical (unpaired) electrons. The van der Waals surface area contributed by atoms with Crippen molar-refractivity contribution in [3.05, 3.63) is 63.2 Å². The van der Waals surface area contributed by atoms with Crippen LogP contribution in [0.3, 0.4) is 0 Å². The second-order valence-electron chi connectivity index (χ2n) is 4.93. The van der Waals surface area contributed by atoms with Crippen LogP contribution in [-0.4, -0.2) is 31.2 Å². The second-order valence-corrected chi connectivity index (χ2v) is 6.09. The lowest BCUT2D eigenvalue weighted by Crippen LogP contribution is -2.35. The number of halogens is 1. The van der Waals surface area contributed by atoms with Crippen LogP contribution in [0.25, 0.3) is 0 Å². The Hall–Kier alpha value is -2.42. The Morgan fingerprint density at radius 1 is 1.16 bits per heavy atom. The van der Waals surface area contributed by atoms with Crippen LogP contribution < -0.4 is 15.5 Å². The predicted molar refractivity (Wildman–Crippen MR) is 105 cm³/mol. The summed E-state index contributed by atoms with van der Waals surface area (Å²) in [5.74, 6) is -0.0230. The van der Waals surface area contributed by atoms with E-state index in [9.17, 15) is 9.59 Å². The number of benzene rings is 2. The van der Waals surface area contributed by atoms with Crippen LogP contribution in [0.1, 0.15) is 22.8 Å². The van der Waals surface area contributed by atoms with E-state index in [1.165, 1.54) is 6.21 Å². The van der Waals surface area contributed by atoms with Gasteiger partial charge >= 0.3 is 0 Å². The number of para-hydroxylation sites is 1. The van der Waals surface area contributed by atoms with Gasteiger partial charge in [0.15, 0.2) is 0 Å². The Balaban J connectivity index is 1.85. The molecular weight excluding hydrogens is 433 g/mol. The molecule has 0 unspecified atom stereocenters. The largest absolute Gasteiger partial charge is 0.493 e. The summed E-state index contributed by atoms with van der Waals surface area (Å²) in [7, 11) is 0. The fourth-order valence-corrected chi connectivity index (χ4v) is 2.62. The van der Waals surface area contributed by atoms with Gasteiger partial charge in [-0.25, -0.2) is 5.43 Å². The second kappa shape index (κ2) is 9.77. The first-order valence-corrected chi connectivity index (χ1v) is 8.76. The van der Waals surface area contributed by atoms with Gasteiger partial charge in [-0.3, -0.25) is 9.59 Å². The van der Waals surface area contributed by atoms with E-state index in [1.54, 1.807) is 12.1 Å². The number of ether oxygens (including phenoxy) is 1. The summed E-state index contributed by atoms with van der Waals surface area (Å²) in [6.45, 7) is 2.28. The smallest absolute Gasteiger partial charge is 0.259 e. The van der Waals surface area contributed by atoms with Crippen molar-refractivity contribution in [1.29, 1.82) is 0 Å². The van der Waals surface area contributed by atoms with Gasteiger partial charge in [-0.2, -0.15) is 5.10 Å². The van der Waals surface area contributed by atoms with Crippen LogP contribution in [0, 0.1) is 3.57 Å². The topological polar surface area (TPSA) is 79.8 Å². The van der Waals surface area contributed by atoms with Gasteiger partial charge in [0.1, 0.15) is 5.75 Å². The number of carbonyl (C=O) groups excluding carboxylic acids is 2. The fraction of sp³-hybridized carbons (Fsp3) is 0.167. The quantitative estimate of drug-likeness (QED) is 0.386. The van der Waals surface area contributed by atoms with E-state index in [0.29, 0.717) is 17.9 Å². The van der Waals surface area contributed by atoms with Gasteiger partial charge in [0.05, 0.1) is 24.9 Å².